The molecule has 0 unspecified atom stereocenters. The summed E-state index contributed by atoms with van der Waals surface area (Å²) < 4.78 is 1.93. The average molecular weight is 405 g/mol. The van der Waals surface area contributed by atoms with Gasteiger partial charge >= 0.3 is 0 Å². The average Bonchev–Trinajstić information content (AvgIpc) is 3.52. The van der Waals surface area contributed by atoms with Crippen LogP contribution in [0.5, 0.6) is 5.75 Å². The number of phenols is 1. The minimum Gasteiger partial charge on any atom is -0.508 e. The van der Waals surface area contributed by atoms with Crippen LogP contribution in [0.2, 0.25) is 0 Å². The van der Waals surface area contributed by atoms with Crippen molar-refractivity contribution in [2.75, 3.05) is 13.1 Å². The van der Waals surface area contributed by atoms with Gasteiger partial charge in [-0.25, -0.2) is 9.67 Å². The van der Waals surface area contributed by atoms with Gasteiger partial charge in [0.2, 0.25) is 0 Å². The molecule has 30 heavy (non-hydrogen) atoms. The number of fused-ring (bicyclic) bond motifs is 1. The molecule has 2 aliphatic rings. The van der Waals surface area contributed by atoms with Gasteiger partial charge in [0.05, 0.1) is 17.1 Å². The summed E-state index contributed by atoms with van der Waals surface area (Å²) in [7, 11) is 0. The van der Waals surface area contributed by atoms with Gasteiger partial charge in [0.15, 0.2) is 5.65 Å². The lowest BCUT2D eigenvalue weighted by Gasteiger charge is -2.32. The number of phenolic OH excluding ortho intramolecular Hbond substituents is 1. The van der Waals surface area contributed by atoms with Gasteiger partial charge in [-0.05, 0) is 69.2 Å². The minimum absolute atomic E-state index is 0.0942. The summed E-state index contributed by atoms with van der Waals surface area (Å²) in [5.74, 6) is 1.30. The van der Waals surface area contributed by atoms with Crippen LogP contribution in [0.3, 0.4) is 0 Å². The first-order valence-corrected chi connectivity index (χ1v) is 11.0. The Morgan fingerprint density at radius 3 is 2.40 bits per heavy atom. The predicted molar refractivity (Wildman–Crippen MR) is 116 cm³/mol. The molecular formula is C24H28N4O2. The second kappa shape index (κ2) is 7.42. The molecule has 0 atom stereocenters. The standard InChI is InChI=1S/C24H28N4O2/c1-15(2)28-23-21(14-25-28)20(13-22(26-23)18-3-4-18)24(30)27-11-9-17(10-12-27)16-5-7-19(29)8-6-16/h5-8,13-15,17-18,29H,3-4,9-12H2,1-2H3. The fraction of sp³-hybridized carbons (Fsp3) is 0.458. The molecule has 6 nitrogen and oxygen atoms in total. The van der Waals surface area contributed by atoms with Crippen molar-refractivity contribution in [3.63, 3.8) is 0 Å². The molecule has 0 bridgehead atoms. The molecule has 2 fully saturated rings. The van der Waals surface area contributed by atoms with Crippen LogP contribution in [-0.4, -0.2) is 43.8 Å². The third kappa shape index (κ3) is 3.44. The van der Waals surface area contributed by atoms with Crippen LogP contribution < -0.4 is 0 Å². The summed E-state index contributed by atoms with van der Waals surface area (Å²) in [5, 5.41) is 14.9. The van der Waals surface area contributed by atoms with E-state index < -0.39 is 0 Å². The molecular weight excluding hydrogens is 376 g/mol. The molecule has 2 aromatic heterocycles. The number of nitrogens with zero attached hydrogens (tertiary/aromatic N) is 4. The van der Waals surface area contributed by atoms with E-state index in [9.17, 15) is 9.90 Å². The van der Waals surface area contributed by atoms with Gasteiger partial charge < -0.3 is 10.0 Å². The monoisotopic (exact) mass is 404 g/mol. The molecule has 156 valence electrons. The SMILES string of the molecule is CC(C)n1ncc2c(C(=O)N3CCC(c4ccc(O)cc4)CC3)cc(C3CC3)nc21. The quantitative estimate of drug-likeness (QED) is 0.689. The van der Waals surface area contributed by atoms with Crippen LogP contribution in [0.1, 0.15) is 79.0 Å². The summed E-state index contributed by atoms with van der Waals surface area (Å²) in [6.45, 7) is 5.66. The number of carbonyl (C=O) groups excluding carboxylic acids is 1. The molecule has 1 saturated heterocycles. The minimum atomic E-state index is 0.0942. The van der Waals surface area contributed by atoms with E-state index in [1.54, 1.807) is 18.3 Å². The van der Waals surface area contributed by atoms with E-state index in [0.717, 1.165) is 61.1 Å². The number of benzene rings is 1. The van der Waals surface area contributed by atoms with Crippen LogP contribution in [0.4, 0.5) is 0 Å². The molecule has 3 heterocycles. The van der Waals surface area contributed by atoms with Gasteiger partial charge in [-0.1, -0.05) is 12.1 Å². The highest BCUT2D eigenvalue weighted by Gasteiger charge is 2.30. The van der Waals surface area contributed by atoms with E-state index in [-0.39, 0.29) is 11.9 Å². The van der Waals surface area contributed by atoms with E-state index >= 15 is 0 Å². The molecule has 0 spiro atoms. The van der Waals surface area contributed by atoms with Crippen molar-refractivity contribution in [1.29, 1.82) is 0 Å². The Hall–Kier alpha value is -2.89. The number of likely N-dealkylation sites (tertiary alicyclic amines) is 1. The second-order valence-corrected chi connectivity index (χ2v) is 8.95. The number of aromatic nitrogens is 3. The number of hydrogen-bond acceptors (Lipinski definition) is 4. The first-order chi connectivity index (χ1) is 14.5. The van der Waals surface area contributed by atoms with Crippen LogP contribution >= 0.6 is 0 Å². The predicted octanol–water partition coefficient (Wildman–Crippen LogP) is 4.62. The van der Waals surface area contributed by atoms with Crippen molar-refractivity contribution in [3.8, 4) is 5.75 Å². The van der Waals surface area contributed by atoms with E-state index in [1.807, 2.05) is 27.8 Å². The highest BCUT2D eigenvalue weighted by molar-refractivity contribution is 6.05. The normalized spacial score (nSPS) is 17.8. The molecule has 5 rings (SSSR count). The molecule has 1 saturated carbocycles. The van der Waals surface area contributed by atoms with Crippen molar-refractivity contribution in [1.82, 2.24) is 19.7 Å². The van der Waals surface area contributed by atoms with Crippen LogP contribution in [0, 0.1) is 0 Å². The number of piperidine rings is 1. The highest BCUT2D eigenvalue weighted by atomic mass is 16.3. The van der Waals surface area contributed by atoms with Crippen LogP contribution in [0.25, 0.3) is 11.0 Å². The largest absolute Gasteiger partial charge is 0.508 e. The Morgan fingerprint density at radius 2 is 1.77 bits per heavy atom. The van der Waals surface area contributed by atoms with Crippen molar-refractivity contribution in [2.24, 2.45) is 0 Å². The summed E-state index contributed by atoms with van der Waals surface area (Å²) in [6.07, 6.45) is 5.98. The number of carbonyl (C=O) groups is 1. The maximum Gasteiger partial charge on any atom is 0.254 e. The van der Waals surface area contributed by atoms with Crippen molar-refractivity contribution < 1.29 is 9.90 Å². The Kier molecular flexibility index (Phi) is 4.72. The van der Waals surface area contributed by atoms with E-state index in [4.69, 9.17) is 4.98 Å². The fourth-order valence-corrected chi connectivity index (χ4v) is 4.51. The lowest BCUT2D eigenvalue weighted by molar-refractivity contribution is 0.0715. The van der Waals surface area contributed by atoms with E-state index in [2.05, 4.69) is 18.9 Å². The first-order valence-electron chi connectivity index (χ1n) is 11.0. The zero-order valence-corrected chi connectivity index (χ0v) is 17.6. The molecule has 1 amide bonds. The Bertz CT molecular complexity index is 1070. The smallest absolute Gasteiger partial charge is 0.254 e. The number of rotatable bonds is 4. The summed E-state index contributed by atoms with van der Waals surface area (Å²) >= 11 is 0. The zero-order valence-electron chi connectivity index (χ0n) is 17.6. The molecule has 0 radical (unpaired) electrons. The van der Waals surface area contributed by atoms with Crippen molar-refractivity contribution >= 4 is 16.9 Å². The lowest BCUT2D eigenvalue weighted by Crippen LogP contribution is -2.38. The molecule has 1 aromatic carbocycles. The zero-order chi connectivity index (χ0) is 20.8. The molecule has 3 aromatic rings. The van der Waals surface area contributed by atoms with Gasteiger partial charge in [0.25, 0.3) is 5.91 Å². The Labute approximate surface area is 176 Å². The summed E-state index contributed by atoms with van der Waals surface area (Å²) in [6, 6.07) is 9.69. The molecule has 1 N–H and O–H groups in total. The third-order valence-electron chi connectivity index (χ3n) is 6.45. The fourth-order valence-electron chi connectivity index (χ4n) is 4.51. The van der Waals surface area contributed by atoms with Gasteiger partial charge in [0, 0.05) is 30.7 Å². The van der Waals surface area contributed by atoms with Crippen molar-refractivity contribution in [3.05, 3.63) is 53.3 Å². The summed E-state index contributed by atoms with van der Waals surface area (Å²) in [4.78, 5) is 20.4. The van der Waals surface area contributed by atoms with Gasteiger partial charge in [-0.3, -0.25) is 4.79 Å². The molecule has 6 heteroatoms. The third-order valence-corrected chi connectivity index (χ3v) is 6.45. The maximum atomic E-state index is 13.5. The van der Waals surface area contributed by atoms with Crippen LogP contribution in [0.15, 0.2) is 36.5 Å². The van der Waals surface area contributed by atoms with E-state index in [0.29, 0.717) is 17.6 Å². The van der Waals surface area contributed by atoms with Crippen molar-refractivity contribution in [2.45, 2.75) is 57.4 Å². The highest BCUT2D eigenvalue weighted by Crippen LogP contribution is 2.40. The summed E-state index contributed by atoms with van der Waals surface area (Å²) in [5.41, 5.74) is 3.85. The number of amides is 1. The number of pyridine rings is 1. The first kappa shape index (κ1) is 19.1. The Morgan fingerprint density at radius 1 is 1.07 bits per heavy atom. The van der Waals surface area contributed by atoms with E-state index in [1.165, 1.54) is 5.56 Å². The maximum absolute atomic E-state index is 13.5. The number of aromatic hydroxyl groups is 1. The molecule has 1 aliphatic heterocycles. The number of hydrogen-bond donors (Lipinski definition) is 1. The van der Waals surface area contributed by atoms with Crippen LogP contribution in [-0.2, 0) is 0 Å². The molecule has 1 aliphatic carbocycles. The topological polar surface area (TPSA) is 71.2 Å². The second-order valence-electron chi connectivity index (χ2n) is 8.95. The Balaban J connectivity index is 1.40. The van der Waals surface area contributed by atoms with Gasteiger partial charge in [-0.15, -0.1) is 0 Å². The lowest BCUT2D eigenvalue weighted by atomic mass is 9.89. The van der Waals surface area contributed by atoms with Gasteiger partial charge in [0.1, 0.15) is 5.75 Å². The van der Waals surface area contributed by atoms with Gasteiger partial charge in [-0.2, -0.15) is 5.10 Å².